The number of nitrogens with two attached hydrogens (primary N) is 1. The Morgan fingerprint density at radius 3 is 2.50 bits per heavy atom. The SMILES string of the molecule is CCCc1nc(N)c(C)c(Oc2ccc(SC)cc2)n1. The summed E-state index contributed by atoms with van der Waals surface area (Å²) in [6.07, 6.45) is 3.82. The Morgan fingerprint density at radius 1 is 1.20 bits per heavy atom. The summed E-state index contributed by atoms with van der Waals surface area (Å²) in [6, 6.07) is 7.91. The second kappa shape index (κ2) is 6.61. The molecule has 0 amide bonds. The molecule has 1 aromatic heterocycles. The maximum Gasteiger partial charge on any atom is 0.227 e. The third-order valence-electron chi connectivity index (χ3n) is 2.93. The van der Waals surface area contributed by atoms with Crippen LogP contribution in [0.4, 0.5) is 5.82 Å². The van der Waals surface area contributed by atoms with E-state index in [1.54, 1.807) is 11.8 Å². The van der Waals surface area contributed by atoms with E-state index in [1.807, 2.05) is 37.4 Å². The van der Waals surface area contributed by atoms with Crippen LogP contribution in [-0.4, -0.2) is 16.2 Å². The fourth-order valence-corrected chi connectivity index (χ4v) is 2.16. The average Bonchev–Trinajstić information content (AvgIpc) is 2.45. The number of anilines is 1. The zero-order valence-electron chi connectivity index (χ0n) is 12.0. The Kier molecular flexibility index (Phi) is 4.84. The molecule has 2 aromatic rings. The van der Waals surface area contributed by atoms with Gasteiger partial charge in [0.2, 0.25) is 5.88 Å². The van der Waals surface area contributed by atoms with Gasteiger partial charge in [-0.05, 0) is 43.9 Å². The van der Waals surface area contributed by atoms with Crippen LogP contribution >= 0.6 is 11.8 Å². The first-order valence-electron chi connectivity index (χ1n) is 6.59. The van der Waals surface area contributed by atoms with Gasteiger partial charge in [-0.1, -0.05) is 6.92 Å². The summed E-state index contributed by atoms with van der Waals surface area (Å²) in [5, 5.41) is 0. The molecule has 5 heteroatoms. The molecule has 0 aliphatic carbocycles. The third kappa shape index (κ3) is 3.42. The molecule has 2 N–H and O–H groups in total. The third-order valence-corrected chi connectivity index (χ3v) is 3.68. The highest BCUT2D eigenvalue weighted by molar-refractivity contribution is 7.98. The van der Waals surface area contributed by atoms with Crippen molar-refractivity contribution in [3.63, 3.8) is 0 Å². The molecule has 1 aromatic carbocycles. The van der Waals surface area contributed by atoms with E-state index in [0.29, 0.717) is 11.7 Å². The molecule has 0 saturated heterocycles. The van der Waals surface area contributed by atoms with Crippen molar-refractivity contribution in [1.29, 1.82) is 0 Å². The van der Waals surface area contributed by atoms with Gasteiger partial charge in [-0.15, -0.1) is 11.8 Å². The van der Waals surface area contributed by atoms with Crippen LogP contribution in [0.1, 0.15) is 24.7 Å². The minimum absolute atomic E-state index is 0.485. The number of rotatable bonds is 5. The molecule has 0 radical (unpaired) electrons. The number of thioether (sulfide) groups is 1. The first kappa shape index (κ1) is 14.7. The standard InChI is InChI=1S/C15H19N3OS/c1-4-5-13-17-14(16)10(2)15(18-13)19-11-6-8-12(20-3)9-7-11/h6-9H,4-5H2,1-3H3,(H2,16,17,18). The van der Waals surface area contributed by atoms with E-state index >= 15 is 0 Å². The zero-order chi connectivity index (χ0) is 14.5. The van der Waals surface area contributed by atoms with E-state index < -0.39 is 0 Å². The molecule has 0 fully saturated rings. The number of aryl methyl sites for hydroxylation is 1. The summed E-state index contributed by atoms with van der Waals surface area (Å²) < 4.78 is 5.84. The topological polar surface area (TPSA) is 61.0 Å². The zero-order valence-corrected chi connectivity index (χ0v) is 12.8. The lowest BCUT2D eigenvalue weighted by atomic mass is 10.3. The minimum atomic E-state index is 0.485. The van der Waals surface area contributed by atoms with Gasteiger partial charge in [0.1, 0.15) is 17.4 Å². The highest BCUT2D eigenvalue weighted by atomic mass is 32.2. The fourth-order valence-electron chi connectivity index (χ4n) is 1.75. The van der Waals surface area contributed by atoms with Gasteiger partial charge in [-0.2, -0.15) is 4.98 Å². The Labute approximate surface area is 123 Å². The van der Waals surface area contributed by atoms with Crippen molar-refractivity contribution < 1.29 is 4.74 Å². The van der Waals surface area contributed by atoms with Crippen molar-refractivity contribution in [2.75, 3.05) is 12.0 Å². The fraction of sp³-hybridized carbons (Fsp3) is 0.333. The van der Waals surface area contributed by atoms with Crippen molar-refractivity contribution in [1.82, 2.24) is 9.97 Å². The Balaban J connectivity index is 2.26. The second-order valence-electron chi connectivity index (χ2n) is 4.48. The van der Waals surface area contributed by atoms with E-state index in [0.717, 1.165) is 30.0 Å². The van der Waals surface area contributed by atoms with Gasteiger partial charge in [0.05, 0.1) is 5.56 Å². The number of ether oxygens (including phenoxy) is 1. The van der Waals surface area contributed by atoms with Gasteiger partial charge in [-0.3, -0.25) is 0 Å². The van der Waals surface area contributed by atoms with E-state index in [2.05, 4.69) is 16.9 Å². The molecule has 1 heterocycles. The van der Waals surface area contributed by atoms with Crippen LogP contribution in [0.15, 0.2) is 29.2 Å². The minimum Gasteiger partial charge on any atom is -0.439 e. The first-order valence-corrected chi connectivity index (χ1v) is 7.81. The Bertz CT molecular complexity index is 584. The molecule has 0 spiro atoms. The van der Waals surface area contributed by atoms with Gasteiger partial charge in [0.25, 0.3) is 0 Å². The summed E-state index contributed by atoms with van der Waals surface area (Å²) >= 11 is 1.70. The normalized spacial score (nSPS) is 10.6. The molecular weight excluding hydrogens is 270 g/mol. The van der Waals surface area contributed by atoms with Crippen LogP contribution in [0.5, 0.6) is 11.6 Å². The number of hydrogen-bond acceptors (Lipinski definition) is 5. The molecule has 106 valence electrons. The lowest BCUT2D eigenvalue weighted by Crippen LogP contribution is -2.04. The van der Waals surface area contributed by atoms with Gasteiger partial charge >= 0.3 is 0 Å². The predicted molar refractivity (Wildman–Crippen MR) is 83.5 cm³/mol. The molecule has 4 nitrogen and oxygen atoms in total. The number of nitrogen functional groups attached to an aromatic ring is 1. The Morgan fingerprint density at radius 2 is 1.90 bits per heavy atom. The lowest BCUT2D eigenvalue weighted by Gasteiger charge is -2.11. The van der Waals surface area contributed by atoms with Crippen LogP contribution in [0.2, 0.25) is 0 Å². The van der Waals surface area contributed by atoms with Gasteiger partial charge in [-0.25, -0.2) is 4.98 Å². The van der Waals surface area contributed by atoms with Crippen LogP contribution in [-0.2, 0) is 6.42 Å². The largest absolute Gasteiger partial charge is 0.439 e. The number of benzene rings is 1. The van der Waals surface area contributed by atoms with Crippen molar-refractivity contribution >= 4 is 17.6 Å². The number of hydrogen-bond donors (Lipinski definition) is 1. The highest BCUT2D eigenvalue weighted by Crippen LogP contribution is 2.27. The number of aromatic nitrogens is 2. The summed E-state index contributed by atoms with van der Waals surface area (Å²) in [7, 11) is 0. The number of nitrogens with zero attached hydrogens (tertiary/aromatic N) is 2. The van der Waals surface area contributed by atoms with E-state index in [-0.39, 0.29) is 0 Å². The highest BCUT2D eigenvalue weighted by Gasteiger charge is 2.10. The molecule has 0 aliphatic rings. The maximum atomic E-state index is 5.92. The van der Waals surface area contributed by atoms with Crippen LogP contribution in [0, 0.1) is 6.92 Å². The van der Waals surface area contributed by atoms with Crippen LogP contribution in [0.25, 0.3) is 0 Å². The van der Waals surface area contributed by atoms with Gasteiger partial charge in [0, 0.05) is 11.3 Å². The quantitative estimate of drug-likeness (QED) is 0.847. The summed E-state index contributed by atoms with van der Waals surface area (Å²) in [6.45, 7) is 3.96. The summed E-state index contributed by atoms with van der Waals surface area (Å²) in [5.74, 6) is 2.51. The second-order valence-corrected chi connectivity index (χ2v) is 5.36. The molecule has 2 rings (SSSR count). The van der Waals surface area contributed by atoms with Crippen molar-refractivity contribution in [3.05, 3.63) is 35.7 Å². The molecule has 0 saturated carbocycles. The maximum absolute atomic E-state index is 5.92. The predicted octanol–water partition coefficient (Wildman–Crippen LogP) is 3.83. The molecule has 0 aliphatic heterocycles. The molecule has 0 bridgehead atoms. The average molecular weight is 289 g/mol. The van der Waals surface area contributed by atoms with E-state index in [4.69, 9.17) is 10.5 Å². The Hall–Kier alpha value is -1.75. The van der Waals surface area contributed by atoms with E-state index in [1.165, 1.54) is 4.90 Å². The van der Waals surface area contributed by atoms with Crippen molar-refractivity contribution in [3.8, 4) is 11.6 Å². The van der Waals surface area contributed by atoms with Crippen molar-refractivity contribution in [2.45, 2.75) is 31.6 Å². The van der Waals surface area contributed by atoms with Crippen LogP contribution in [0.3, 0.4) is 0 Å². The van der Waals surface area contributed by atoms with E-state index in [9.17, 15) is 0 Å². The molecule has 20 heavy (non-hydrogen) atoms. The van der Waals surface area contributed by atoms with Crippen LogP contribution < -0.4 is 10.5 Å². The summed E-state index contributed by atoms with van der Waals surface area (Å²) in [5.41, 5.74) is 6.69. The van der Waals surface area contributed by atoms with Gasteiger partial charge < -0.3 is 10.5 Å². The molecule has 0 atom stereocenters. The first-order chi connectivity index (χ1) is 9.63. The molecule has 0 unspecified atom stereocenters. The molecular formula is C15H19N3OS. The summed E-state index contributed by atoms with van der Waals surface area (Å²) in [4.78, 5) is 9.91. The lowest BCUT2D eigenvalue weighted by molar-refractivity contribution is 0.454. The van der Waals surface area contributed by atoms with Gasteiger partial charge in [0.15, 0.2) is 0 Å². The monoisotopic (exact) mass is 289 g/mol. The van der Waals surface area contributed by atoms with Crippen molar-refractivity contribution in [2.24, 2.45) is 0 Å². The smallest absolute Gasteiger partial charge is 0.227 e.